The number of nitrogens with one attached hydrogen (secondary N) is 1. The number of hydrogen-bond donors (Lipinski definition) is 2. The summed E-state index contributed by atoms with van der Waals surface area (Å²) in [6, 6.07) is 10.3. The van der Waals surface area contributed by atoms with Gasteiger partial charge in [-0.15, -0.1) is 0 Å². The lowest BCUT2D eigenvalue weighted by Gasteiger charge is -2.40. The Hall–Kier alpha value is -1.55. The topological polar surface area (TPSA) is 52.6 Å². The second-order valence-corrected chi connectivity index (χ2v) is 7.73. The van der Waals surface area contributed by atoms with Gasteiger partial charge in [0, 0.05) is 19.1 Å². The quantitative estimate of drug-likeness (QED) is 0.897. The summed E-state index contributed by atoms with van der Waals surface area (Å²) in [5, 5.41) is 13.2. The number of fused-ring (bicyclic) bond motifs is 1. The highest BCUT2D eigenvalue weighted by Crippen LogP contribution is 2.65. The first kappa shape index (κ1) is 15.3. The van der Waals surface area contributed by atoms with Crippen molar-refractivity contribution in [1.82, 2.24) is 10.2 Å². The van der Waals surface area contributed by atoms with Gasteiger partial charge in [-0.2, -0.15) is 0 Å². The average molecular weight is 302 g/mol. The highest BCUT2D eigenvalue weighted by Gasteiger charge is 2.71. The Morgan fingerprint density at radius 3 is 2.64 bits per heavy atom. The number of benzene rings is 1. The number of carbonyl (C=O) groups is 1. The van der Waals surface area contributed by atoms with Crippen LogP contribution in [0.3, 0.4) is 0 Å². The second-order valence-electron chi connectivity index (χ2n) is 7.73. The van der Waals surface area contributed by atoms with E-state index in [1.165, 1.54) is 5.56 Å². The normalized spacial score (nSPS) is 30.2. The molecule has 22 heavy (non-hydrogen) atoms. The molecule has 1 saturated carbocycles. The van der Waals surface area contributed by atoms with Crippen LogP contribution in [0.1, 0.15) is 39.2 Å². The van der Waals surface area contributed by atoms with E-state index in [0.717, 1.165) is 25.9 Å². The molecule has 4 nitrogen and oxygen atoms in total. The van der Waals surface area contributed by atoms with Gasteiger partial charge in [0.1, 0.15) is 0 Å². The van der Waals surface area contributed by atoms with E-state index in [-0.39, 0.29) is 17.0 Å². The lowest BCUT2D eigenvalue weighted by atomic mass is 9.82. The van der Waals surface area contributed by atoms with Crippen LogP contribution in [0.4, 0.5) is 4.79 Å². The van der Waals surface area contributed by atoms with Crippen LogP contribution in [0, 0.1) is 11.3 Å². The van der Waals surface area contributed by atoms with Crippen molar-refractivity contribution >= 4 is 6.09 Å². The van der Waals surface area contributed by atoms with Gasteiger partial charge in [0.25, 0.3) is 0 Å². The molecule has 2 N–H and O–H groups in total. The van der Waals surface area contributed by atoms with E-state index in [0.29, 0.717) is 5.92 Å². The molecule has 0 bridgehead atoms. The Morgan fingerprint density at radius 2 is 2.05 bits per heavy atom. The summed E-state index contributed by atoms with van der Waals surface area (Å²) in [7, 11) is 0. The number of hydrogen-bond acceptors (Lipinski definition) is 2. The smallest absolute Gasteiger partial charge is 0.408 e. The standard InChI is InChI=1S/C18H26N2O2/c1-17(2,3)18-10-14(18)9-15(20(18)16(21)22)12-19-11-13-7-5-4-6-8-13/h4-8,14-15,19H,9-12H2,1-3H3,(H,21,22)/t14-,15-,18-/m1/s1. The van der Waals surface area contributed by atoms with Crippen molar-refractivity contribution in [3.05, 3.63) is 35.9 Å². The molecular weight excluding hydrogens is 276 g/mol. The Morgan fingerprint density at radius 1 is 1.36 bits per heavy atom. The summed E-state index contributed by atoms with van der Waals surface area (Å²) in [6.45, 7) is 8.03. The van der Waals surface area contributed by atoms with Gasteiger partial charge in [-0.3, -0.25) is 4.90 Å². The zero-order chi connectivity index (χ0) is 16.0. The average Bonchev–Trinajstić information content (AvgIpc) is 3.06. The van der Waals surface area contributed by atoms with E-state index in [4.69, 9.17) is 0 Å². The van der Waals surface area contributed by atoms with Crippen molar-refractivity contribution in [2.45, 2.75) is 51.7 Å². The molecule has 3 atom stereocenters. The molecule has 120 valence electrons. The molecule has 1 amide bonds. The summed E-state index contributed by atoms with van der Waals surface area (Å²) in [5.41, 5.74) is 1.10. The van der Waals surface area contributed by atoms with Gasteiger partial charge in [0.15, 0.2) is 0 Å². The van der Waals surface area contributed by atoms with E-state index in [2.05, 4.69) is 38.2 Å². The van der Waals surface area contributed by atoms with E-state index < -0.39 is 6.09 Å². The SMILES string of the molecule is CC(C)(C)[C@@]12C[C@H]1C[C@H](CNCc1ccccc1)N2C(=O)O. The third-order valence-corrected chi connectivity index (χ3v) is 5.48. The minimum absolute atomic E-state index is 0.00420. The molecule has 0 unspecified atom stereocenters. The molecule has 1 aromatic rings. The first-order chi connectivity index (χ1) is 10.4. The Kier molecular flexibility index (Phi) is 3.68. The van der Waals surface area contributed by atoms with Crippen LogP contribution >= 0.6 is 0 Å². The zero-order valence-corrected chi connectivity index (χ0v) is 13.7. The fourth-order valence-electron chi connectivity index (χ4n) is 4.41. The number of nitrogens with zero attached hydrogens (tertiary/aromatic N) is 1. The molecule has 4 heteroatoms. The summed E-state index contributed by atoms with van der Waals surface area (Å²) < 4.78 is 0. The largest absolute Gasteiger partial charge is 0.465 e. The predicted molar refractivity (Wildman–Crippen MR) is 86.7 cm³/mol. The second kappa shape index (κ2) is 5.27. The molecule has 1 aliphatic carbocycles. The Labute approximate surface area is 132 Å². The summed E-state index contributed by atoms with van der Waals surface area (Å²) in [6.07, 6.45) is 1.25. The van der Waals surface area contributed by atoms with Crippen LogP contribution in [-0.4, -0.2) is 34.2 Å². The maximum Gasteiger partial charge on any atom is 0.408 e. The van der Waals surface area contributed by atoms with Crippen molar-refractivity contribution in [2.75, 3.05) is 6.54 Å². The molecule has 0 radical (unpaired) electrons. The van der Waals surface area contributed by atoms with Crippen molar-refractivity contribution in [3.63, 3.8) is 0 Å². The van der Waals surface area contributed by atoms with Crippen LogP contribution in [0.5, 0.6) is 0 Å². The minimum atomic E-state index is -0.763. The van der Waals surface area contributed by atoms with Crippen LogP contribution < -0.4 is 5.32 Å². The lowest BCUT2D eigenvalue weighted by molar-refractivity contribution is 0.0599. The number of rotatable bonds is 4. The monoisotopic (exact) mass is 302 g/mol. The van der Waals surface area contributed by atoms with Gasteiger partial charge in [0.05, 0.1) is 5.54 Å². The number of carboxylic acid groups (broad SMARTS) is 1. The Bertz CT molecular complexity index is 552. The molecule has 2 fully saturated rings. The molecule has 1 heterocycles. The fraction of sp³-hybridized carbons (Fsp3) is 0.611. The first-order valence-corrected chi connectivity index (χ1v) is 8.13. The van der Waals surface area contributed by atoms with Gasteiger partial charge >= 0.3 is 6.09 Å². The van der Waals surface area contributed by atoms with E-state index in [1.807, 2.05) is 18.2 Å². The number of piperidine rings is 1. The van der Waals surface area contributed by atoms with Crippen LogP contribution in [0.15, 0.2) is 30.3 Å². The van der Waals surface area contributed by atoms with Gasteiger partial charge < -0.3 is 10.4 Å². The molecular formula is C18H26N2O2. The summed E-state index contributed by atoms with van der Waals surface area (Å²) in [5.74, 6) is 0.534. The third kappa shape index (κ3) is 2.39. The first-order valence-electron chi connectivity index (χ1n) is 8.13. The minimum Gasteiger partial charge on any atom is -0.465 e. The molecule has 0 spiro atoms. The van der Waals surface area contributed by atoms with Crippen LogP contribution in [0.2, 0.25) is 0 Å². The molecule has 3 rings (SSSR count). The highest BCUT2D eigenvalue weighted by atomic mass is 16.4. The Balaban J connectivity index is 1.64. The van der Waals surface area contributed by atoms with Crippen molar-refractivity contribution < 1.29 is 9.90 Å². The van der Waals surface area contributed by atoms with Crippen molar-refractivity contribution in [1.29, 1.82) is 0 Å². The van der Waals surface area contributed by atoms with Crippen LogP contribution in [-0.2, 0) is 6.54 Å². The molecule has 1 aromatic carbocycles. The van der Waals surface area contributed by atoms with Gasteiger partial charge in [-0.05, 0) is 29.7 Å². The number of likely N-dealkylation sites (tertiary alicyclic amines) is 1. The maximum atomic E-state index is 11.8. The molecule has 1 aliphatic heterocycles. The molecule has 1 saturated heterocycles. The van der Waals surface area contributed by atoms with E-state index in [1.54, 1.807) is 4.90 Å². The van der Waals surface area contributed by atoms with Gasteiger partial charge in [-0.1, -0.05) is 51.1 Å². The maximum absolute atomic E-state index is 11.8. The van der Waals surface area contributed by atoms with E-state index >= 15 is 0 Å². The fourth-order valence-corrected chi connectivity index (χ4v) is 4.41. The van der Waals surface area contributed by atoms with Gasteiger partial charge in [-0.25, -0.2) is 4.79 Å². The lowest BCUT2D eigenvalue weighted by Crippen LogP contribution is -2.53. The number of amides is 1. The van der Waals surface area contributed by atoms with Gasteiger partial charge in [0.2, 0.25) is 0 Å². The summed E-state index contributed by atoms with van der Waals surface area (Å²) in [4.78, 5) is 13.6. The third-order valence-electron chi connectivity index (χ3n) is 5.48. The van der Waals surface area contributed by atoms with E-state index in [9.17, 15) is 9.90 Å². The van der Waals surface area contributed by atoms with Crippen LogP contribution in [0.25, 0.3) is 0 Å². The van der Waals surface area contributed by atoms with Crippen molar-refractivity contribution in [2.24, 2.45) is 11.3 Å². The molecule has 2 aliphatic rings. The zero-order valence-electron chi connectivity index (χ0n) is 13.7. The van der Waals surface area contributed by atoms with Crippen molar-refractivity contribution in [3.8, 4) is 0 Å². The highest BCUT2D eigenvalue weighted by molar-refractivity contribution is 5.69. The molecule has 0 aromatic heterocycles. The summed E-state index contributed by atoms with van der Waals surface area (Å²) >= 11 is 0. The predicted octanol–water partition coefficient (Wildman–Crippen LogP) is 3.33.